The van der Waals surface area contributed by atoms with Gasteiger partial charge in [-0.3, -0.25) is 0 Å². The molecule has 0 saturated carbocycles. The molecule has 0 aliphatic heterocycles. The minimum Gasteiger partial charge on any atom is -0.454 e. The first-order valence-corrected chi connectivity index (χ1v) is 10.0. The Bertz CT molecular complexity index is 1410. The van der Waals surface area contributed by atoms with E-state index in [0.717, 1.165) is 33.3 Å². The Morgan fingerprint density at radius 2 is 1.45 bits per heavy atom. The third-order valence-corrected chi connectivity index (χ3v) is 6.27. The van der Waals surface area contributed by atoms with Crippen molar-refractivity contribution >= 4 is 33.3 Å². The first kappa shape index (κ1) is 16.4. The number of hydrogen-bond donors (Lipinski definition) is 1. The van der Waals surface area contributed by atoms with Gasteiger partial charge in [-0.1, -0.05) is 74.5 Å². The zero-order valence-corrected chi connectivity index (χ0v) is 16.5. The highest BCUT2D eigenvalue weighted by Crippen LogP contribution is 2.49. The highest BCUT2D eigenvalue weighted by molar-refractivity contribution is 6.09. The number of benzene rings is 4. The Kier molecular flexibility index (Phi) is 3.25. The van der Waals surface area contributed by atoms with E-state index in [1.807, 2.05) is 12.1 Å². The third-order valence-electron chi connectivity index (χ3n) is 6.27. The van der Waals surface area contributed by atoms with E-state index in [1.165, 1.54) is 22.3 Å². The molecule has 0 atom stereocenters. The van der Waals surface area contributed by atoms with Gasteiger partial charge in [0.05, 0.1) is 5.69 Å². The van der Waals surface area contributed by atoms with E-state index in [-0.39, 0.29) is 5.41 Å². The van der Waals surface area contributed by atoms with Crippen LogP contribution in [0.3, 0.4) is 0 Å². The van der Waals surface area contributed by atoms with Crippen molar-refractivity contribution < 1.29 is 4.42 Å². The molecule has 0 spiro atoms. The molecule has 0 bridgehead atoms. The van der Waals surface area contributed by atoms with E-state index in [2.05, 4.69) is 92.0 Å². The molecule has 2 nitrogen and oxygen atoms in total. The van der Waals surface area contributed by atoms with Crippen LogP contribution in [0.4, 0.5) is 11.4 Å². The average molecular weight is 375 g/mol. The SMILES string of the molecule is CC1(C)c2ccccc2-c2cc(Nc3cccc4c3oc3ccccc34)ccc21. The third kappa shape index (κ3) is 2.29. The van der Waals surface area contributed by atoms with Crippen molar-refractivity contribution in [3.05, 3.63) is 96.1 Å². The summed E-state index contributed by atoms with van der Waals surface area (Å²) in [6.45, 7) is 4.61. The van der Waals surface area contributed by atoms with Crippen LogP contribution in [0.1, 0.15) is 25.0 Å². The average Bonchev–Trinajstić information content (AvgIpc) is 3.23. The normalized spacial score (nSPS) is 14.1. The zero-order valence-electron chi connectivity index (χ0n) is 16.5. The Morgan fingerprint density at radius 3 is 2.38 bits per heavy atom. The van der Waals surface area contributed by atoms with Gasteiger partial charge in [0, 0.05) is 21.9 Å². The molecule has 1 aliphatic rings. The number of anilines is 2. The van der Waals surface area contributed by atoms with Gasteiger partial charge in [0.25, 0.3) is 0 Å². The van der Waals surface area contributed by atoms with Crippen LogP contribution in [0.5, 0.6) is 0 Å². The lowest BCUT2D eigenvalue weighted by Gasteiger charge is -2.21. The van der Waals surface area contributed by atoms with Gasteiger partial charge in [-0.15, -0.1) is 0 Å². The minimum absolute atomic E-state index is 0.0310. The smallest absolute Gasteiger partial charge is 0.158 e. The molecule has 6 rings (SSSR count). The van der Waals surface area contributed by atoms with Gasteiger partial charge in [0.1, 0.15) is 5.58 Å². The summed E-state index contributed by atoms with van der Waals surface area (Å²) in [4.78, 5) is 0. The van der Waals surface area contributed by atoms with E-state index < -0.39 is 0 Å². The van der Waals surface area contributed by atoms with Crippen molar-refractivity contribution in [2.24, 2.45) is 0 Å². The molecule has 1 N–H and O–H groups in total. The van der Waals surface area contributed by atoms with Crippen LogP contribution in [-0.4, -0.2) is 0 Å². The molecule has 5 aromatic rings. The Morgan fingerprint density at radius 1 is 0.690 bits per heavy atom. The highest BCUT2D eigenvalue weighted by atomic mass is 16.3. The summed E-state index contributed by atoms with van der Waals surface area (Å²) in [5.74, 6) is 0. The molecule has 2 heteroatoms. The fourth-order valence-electron chi connectivity index (χ4n) is 4.80. The molecular weight excluding hydrogens is 354 g/mol. The quantitative estimate of drug-likeness (QED) is 0.343. The molecule has 1 heterocycles. The van der Waals surface area contributed by atoms with Crippen LogP contribution in [0.15, 0.2) is 89.3 Å². The Balaban J connectivity index is 1.48. The first-order valence-electron chi connectivity index (χ1n) is 10.0. The number of fused-ring (bicyclic) bond motifs is 6. The summed E-state index contributed by atoms with van der Waals surface area (Å²) in [6.07, 6.45) is 0. The number of hydrogen-bond acceptors (Lipinski definition) is 2. The molecule has 0 saturated heterocycles. The minimum atomic E-state index is 0.0310. The van der Waals surface area contributed by atoms with Gasteiger partial charge in [-0.25, -0.2) is 0 Å². The molecule has 29 heavy (non-hydrogen) atoms. The van der Waals surface area contributed by atoms with Gasteiger partial charge in [-0.2, -0.15) is 0 Å². The molecule has 0 fully saturated rings. The van der Waals surface area contributed by atoms with Crippen molar-refractivity contribution in [3.63, 3.8) is 0 Å². The largest absolute Gasteiger partial charge is 0.454 e. The van der Waals surface area contributed by atoms with Crippen LogP contribution >= 0.6 is 0 Å². The van der Waals surface area contributed by atoms with Crippen LogP contribution in [0.2, 0.25) is 0 Å². The van der Waals surface area contributed by atoms with E-state index in [0.29, 0.717) is 0 Å². The van der Waals surface area contributed by atoms with Gasteiger partial charge in [0.2, 0.25) is 0 Å². The topological polar surface area (TPSA) is 25.2 Å². The van der Waals surface area contributed by atoms with E-state index in [4.69, 9.17) is 4.42 Å². The van der Waals surface area contributed by atoms with Gasteiger partial charge in [-0.05, 0) is 46.5 Å². The Labute approximate surface area is 169 Å². The van der Waals surface area contributed by atoms with Gasteiger partial charge in [0.15, 0.2) is 5.58 Å². The predicted molar refractivity (Wildman–Crippen MR) is 121 cm³/mol. The predicted octanol–water partition coefficient (Wildman–Crippen LogP) is 7.64. The standard InChI is InChI=1S/C27H21NO/c1-27(2)22-11-5-3-8-18(22)21-16-17(14-15-23(21)27)28-24-12-7-10-20-19-9-4-6-13-25(19)29-26(20)24/h3-16,28H,1-2H3. The van der Waals surface area contributed by atoms with Crippen molar-refractivity contribution in [2.75, 3.05) is 5.32 Å². The molecule has 1 aliphatic carbocycles. The van der Waals surface area contributed by atoms with E-state index in [1.54, 1.807) is 0 Å². The molecule has 4 aromatic carbocycles. The van der Waals surface area contributed by atoms with Crippen molar-refractivity contribution in [3.8, 4) is 11.1 Å². The number of nitrogens with one attached hydrogen (secondary N) is 1. The molecule has 0 unspecified atom stereocenters. The van der Waals surface area contributed by atoms with Crippen LogP contribution in [-0.2, 0) is 5.41 Å². The van der Waals surface area contributed by atoms with Gasteiger partial charge < -0.3 is 9.73 Å². The number of rotatable bonds is 2. The van der Waals surface area contributed by atoms with Crippen LogP contribution < -0.4 is 5.32 Å². The van der Waals surface area contributed by atoms with Crippen molar-refractivity contribution in [1.82, 2.24) is 0 Å². The number of furan rings is 1. The highest BCUT2D eigenvalue weighted by Gasteiger charge is 2.35. The fourth-order valence-corrected chi connectivity index (χ4v) is 4.80. The Hall–Kier alpha value is -3.52. The van der Waals surface area contributed by atoms with Gasteiger partial charge >= 0.3 is 0 Å². The van der Waals surface area contributed by atoms with E-state index in [9.17, 15) is 0 Å². The van der Waals surface area contributed by atoms with Crippen molar-refractivity contribution in [2.45, 2.75) is 19.3 Å². The van der Waals surface area contributed by atoms with E-state index >= 15 is 0 Å². The molecule has 0 amide bonds. The second kappa shape index (κ2) is 5.74. The fraction of sp³-hybridized carbons (Fsp3) is 0.111. The first-order chi connectivity index (χ1) is 14.1. The summed E-state index contributed by atoms with van der Waals surface area (Å²) < 4.78 is 6.18. The van der Waals surface area contributed by atoms with Crippen LogP contribution in [0, 0.1) is 0 Å². The summed E-state index contributed by atoms with van der Waals surface area (Å²) in [5, 5.41) is 5.89. The summed E-state index contributed by atoms with van der Waals surface area (Å²) in [7, 11) is 0. The summed E-state index contributed by atoms with van der Waals surface area (Å²) >= 11 is 0. The van der Waals surface area contributed by atoms with Crippen molar-refractivity contribution in [1.29, 1.82) is 0 Å². The second-order valence-electron chi connectivity index (χ2n) is 8.34. The molecule has 1 aromatic heterocycles. The maximum Gasteiger partial charge on any atom is 0.158 e. The maximum absolute atomic E-state index is 6.18. The zero-order chi connectivity index (χ0) is 19.6. The number of para-hydroxylation sites is 2. The lowest BCUT2D eigenvalue weighted by molar-refractivity contribution is 0.660. The lowest BCUT2D eigenvalue weighted by atomic mass is 9.82. The molecule has 0 radical (unpaired) electrons. The second-order valence-corrected chi connectivity index (χ2v) is 8.34. The summed E-state index contributed by atoms with van der Waals surface area (Å²) in [6, 6.07) is 29.9. The molecule has 140 valence electrons. The molecular formula is C27H21NO. The summed E-state index contributed by atoms with van der Waals surface area (Å²) in [5.41, 5.74) is 9.33. The lowest BCUT2D eigenvalue weighted by Crippen LogP contribution is -2.14. The van der Waals surface area contributed by atoms with Crippen LogP contribution in [0.25, 0.3) is 33.1 Å². The monoisotopic (exact) mass is 375 g/mol. The maximum atomic E-state index is 6.18.